The highest BCUT2D eigenvalue weighted by Crippen LogP contribution is 2.40. The number of methoxy groups -OCH3 is 3. The normalized spacial score (nSPS) is 15.7. The van der Waals surface area contributed by atoms with Crippen LogP contribution in [0.3, 0.4) is 0 Å². The first kappa shape index (κ1) is 19.9. The lowest BCUT2D eigenvalue weighted by molar-refractivity contribution is -0.130. The zero-order valence-electron chi connectivity index (χ0n) is 15.8. The van der Waals surface area contributed by atoms with Gasteiger partial charge >= 0.3 is 5.97 Å². The minimum absolute atomic E-state index is 0.160. The summed E-state index contributed by atoms with van der Waals surface area (Å²) in [5.41, 5.74) is 0.169. The van der Waals surface area contributed by atoms with Crippen molar-refractivity contribution in [2.45, 2.75) is 51.2 Å². The summed E-state index contributed by atoms with van der Waals surface area (Å²) in [4.78, 5) is 24.8. The maximum absolute atomic E-state index is 12.5. The van der Waals surface area contributed by atoms with Gasteiger partial charge in [-0.15, -0.1) is 0 Å². The zero-order valence-corrected chi connectivity index (χ0v) is 15.8. The van der Waals surface area contributed by atoms with E-state index in [-0.39, 0.29) is 23.3 Å². The second kappa shape index (κ2) is 9.31. The van der Waals surface area contributed by atoms with E-state index in [0.29, 0.717) is 11.5 Å². The third kappa shape index (κ3) is 4.59. The van der Waals surface area contributed by atoms with Crippen molar-refractivity contribution in [2.75, 3.05) is 21.3 Å². The van der Waals surface area contributed by atoms with Crippen LogP contribution in [0.5, 0.6) is 17.2 Å². The monoisotopic (exact) mass is 365 g/mol. The van der Waals surface area contributed by atoms with Gasteiger partial charge in [0.1, 0.15) is 5.56 Å². The van der Waals surface area contributed by atoms with Gasteiger partial charge in [0.2, 0.25) is 5.75 Å². The van der Waals surface area contributed by atoms with Gasteiger partial charge in [0, 0.05) is 6.04 Å². The Morgan fingerprint density at radius 3 is 2.23 bits per heavy atom. The van der Waals surface area contributed by atoms with Gasteiger partial charge in [-0.2, -0.15) is 0 Å². The molecule has 1 aromatic rings. The van der Waals surface area contributed by atoms with Gasteiger partial charge in [-0.1, -0.05) is 19.3 Å². The number of amides is 1. The molecule has 0 aliphatic heterocycles. The highest BCUT2D eigenvalue weighted by Gasteiger charge is 2.26. The second-order valence-corrected chi connectivity index (χ2v) is 6.27. The molecule has 1 aliphatic carbocycles. The molecule has 1 N–H and O–H groups in total. The number of esters is 1. The van der Waals surface area contributed by atoms with Crippen molar-refractivity contribution in [1.29, 1.82) is 0 Å². The molecule has 1 fully saturated rings. The molecule has 1 atom stereocenters. The van der Waals surface area contributed by atoms with Crippen LogP contribution in [0.25, 0.3) is 0 Å². The van der Waals surface area contributed by atoms with Crippen molar-refractivity contribution in [1.82, 2.24) is 5.32 Å². The van der Waals surface area contributed by atoms with Gasteiger partial charge in [-0.3, -0.25) is 4.79 Å². The summed E-state index contributed by atoms with van der Waals surface area (Å²) in [5, 5.41) is 2.95. The maximum Gasteiger partial charge on any atom is 0.342 e. The average molecular weight is 365 g/mol. The molecule has 0 saturated heterocycles. The Morgan fingerprint density at radius 2 is 1.65 bits per heavy atom. The Morgan fingerprint density at radius 1 is 1.00 bits per heavy atom. The Hall–Kier alpha value is -2.44. The van der Waals surface area contributed by atoms with Crippen LogP contribution in [0, 0.1) is 0 Å². The molecule has 0 heterocycles. The van der Waals surface area contributed by atoms with Gasteiger partial charge in [0.05, 0.1) is 21.3 Å². The van der Waals surface area contributed by atoms with Crippen LogP contribution >= 0.6 is 0 Å². The number of benzene rings is 1. The van der Waals surface area contributed by atoms with E-state index >= 15 is 0 Å². The predicted molar refractivity (Wildman–Crippen MR) is 96.0 cm³/mol. The average Bonchev–Trinajstić information content (AvgIpc) is 2.67. The molecular weight excluding hydrogens is 338 g/mol. The number of carbonyl (C=O) groups is 2. The fraction of sp³-hybridized carbons (Fsp3) is 0.579. The Bertz CT molecular complexity index is 639. The fourth-order valence-corrected chi connectivity index (χ4v) is 3.11. The van der Waals surface area contributed by atoms with E-state index in [1.807, 2.05) is 0 Å². The molecule has 7 nitrogen and oxygen atoms in total. The van der Waals surface area contributed by atoms with E-state index in [9.17, 15) is 9.59 Å². The number of carbonyl (C=O) groups excluding carboxylic acids is 2. The summed E-state index contributed by atoms with van der Waals surface area (Å²) in [5.74, 6) is -0.0109. The molecule has 0 spiro atoms. The lowest BCUT2D eigenvalue weighted by atomic mass is 9.95. The summed E-state index contributed by atoms with van der Waals surface area (Å²) in [6, 6.07) is 3.27. The molecule has 7 heteroatoms. The van der Waals surface area contributed by atoms with Crippen LogP contribution in [-0.4, -0.2) is 45.4 Å². The summed E-state index contributed by atoms with van der Waals surface area (Å²) in [6.45, 7) is 1.56. The van der Waals surface area contributed by atoms with Gasteiger partial charge in [-0.05, 0) is 31.9 Å². The molecule has 1 amide bonds. The van der Waals surface area contributed by atoms with Crippen molar-refractivity contribution in [3.05, 3.63) is 17.7 Å². The fourth-order valence-electron chi connectivity index (χ4n) is 3.11. The molecule has 26 heavy (non-hydrogen) atoms. The van der Waals surface area contributed by atoms with Gasteiger partial charge < -0.3 is 24.3 Å². The topological polar surface area (TPSA) is 83.1 Å². The van der Waals surface area contributed by atoms with Crippen LogP contribution in [0.1, 0.15) is 49.4 Å². The molecule has 0 bridgehead atoms. The first-order valence-corrected chi connectivity index (χ1v) is 8.82. The van der Waals surface area contributed by atoms with E-state index in [0.717, 1.165) is 25.7 Å². The summed E-state index contributed by atoms with van der Waals surface area (Å²) >= 11 is 0. The number of ether oxygens (including phenoxy) is 4. The molecule has 1 aromatic carbocycles. The van der Waals surface area contributed by atoms with Crippen molar-refractivity contribution < 1.29 is 28.5 Å². The Labute approximate surface area is 153 Å². The lowest BCUT2D eigenvalue weighted by Gasteiger charge is -2.24. The molecule has 0 aromatic heterocycles. The third-order valence-electron chi connectivity index (χ3n) is 4.53. The van der Waals surface area contributed by atoms with Crippen LogP contribution < -0.4 is 19.5 Å². The molecule has 1 unspecified atom stereocenters. The molecule has 144 valence electrons. The van der Waals surface area contributed by atoms with Crippen LogP contribution in [0.15, 0.2) is 12.1 Å². The number of rotatable bonds is 7. The molecule has 1 saturated carbocycles. The van der Waals surface area contributed by atoms with Gasteiger partial charge in [0.15, 0.2) is 17.6 Å². The van der Waals surface area contributed by atoms with E-state index in [2.05, 4.69) is 5.32 Å². The second-order valence-electron chi connectivity index (χ2n) is 6.27. The first-order valence-electron chi connectivity index (χ1n) is 8.82. The SMILES string of the molecule is COc1ccc(C(=O)OC(C)C(=O)NC2CCCCC2)c(OC)c1OC. The molecular formula is C19H27NO6. The number of hydrogen-bond acceptors (Lipinski definition) is 6. The Kier molecular flexibility index (Phi) is 7.12. The maximum atomic E-state index is 12.5. The van der Waals surface area contributed by atoms with Crippen molar-refractivity contribution in [2.24, 2.45) is 0 Å². The van der Waals surface area contributed by atoms with E-state index < -0.39 is 12.1 Å². The van der Waals surface area contributed by atoms with E-state index in [4.69, 9.17) is 18.9 Å². The van der Waals surface area contributed by atoms with Crippen LogP contribution in [-0.2, 0) is 9.53 Å². The standard InChI is InChI=1S/C19H27NO6/c1-12(18(21)20-13-8-6-5-7-9-13)26-19(22)14-10-11-15(23-2)17(25-4)16(14)24-3/h10-13H,5-9H2,1-4H3,(H,20,21). The van der Waals surface area contributed by atoms with E-state index in [1.54, 1.807) is 13.0 Å². The minimum Gasteiger partial charge on any atom is -0.493 e. The third-order valence-corrected chi connectivity index (χ3v) is 4.53. The smallest absolute Gasteiger partial charge is 0.342 e. The van der Waals surface area contributed by atoms with Crippen molar-refractivity contribution in [3.63, 3.8) is 0 Å². The van der Waals surface area contributed by atoms with Crippen LogP contribution in [0.4, 0.5) is 0 Å². The largest absolute Gasteiger partial charge is 0.493 e. The minimum atomic E-state index is -0.901. The van der Waals surface area contributed by atoms with E-state index in [1.165, 1.54) is 33.8 Å². The quantitative estimate of drug-likeness (QED) is 0.748. The van der Waals surface area contributed by atoms with Crippen molar-refractivity contribution in [3.8, 4) is 17.2 Å². The highest BCUT2D eigenvalue weighted by molar-refractivity contribution is 5.96. The van der Waals surface area contributed by atoms with Crippen molar-refractivity contribution >= 4 is 11.9 Å². The number of nitrogens with one attached hydrogen (secondary N) is 1. The lowest BCUT2D eigenvalue weighted by Crippen LogP contribution is -2.42. The Balaban J connectivity index is 2.07. The summed E-state index contributed by atoms with van der Waals surface area (Å²) in [6.07, 6.45) is 4.47. The van der Waals surface area contributed by atoms with Crippen LogP contribution in [0.2, 0.25) is 0 Å². The molecule has 0 radical (unpaired) electrons. The predicted octanol–water partition coefficient (Wildman–Crippen LogP) is 2.71. The van der Waals surface area contributed by atoms with Gasteiger partial charge in [-0.25, -0.2) is 4.79 Å². The molecule has 2 rings (SSSR count). The van der Waals surface area contributed by atoms with Gasteiger partial charge in [0.25, 0.3) is 5.91 Å². The number of hydrogen-bond donors (Lipinski definition) is 1. The summed E-state index contributed by atoms with van der Waals surface area (Å²) < 4.78 is 21.1. The molecule has 1 aliphatic rings. The highest BCUT2D eigenvalue weighted by atomic mass is 16.6. The zero-order chi connectivity index (χ0) is 19.1. The first-order chi connectivity index (χ1) is 12.5. The summed E-state index contributed by atoms with van der Waals surface area (Å²) in [7, 11) is 4.37.